The quantitative estimate of drug-likeness (QED) is 0.0276. The third-order valence-corrected chi connectivity index (χ3v) is 9.89. The molecule has 3 rings (SSSR count). The van der Waals surface area contributed by atoms with Crippen LogP contribution in [0.3, 0.4) is 0 Å². The Bertz CT molecular complexity index is 1660. The maximum atomic E-state index is 14.0. The number of carbonyl (C=O) groups is 6. The summed E-state index contributed by atoms with van der Waals surface area (Å²) in [5.74, 6) is -4.09. The summed E-state index contributed by atoms with van der Waals surface area (Å²) >= 11 is 4.33. The van der Waals surface area contributed by atoms with Crippen LogP contribution in [0, 0.1) is 5.92 Å². The van der Waals surface area contributed by atoms with Crippen LogP contribution >= 0.6 is 12.6 Å². The lowest BCUT2D eigenvalue weighted by molar-refractivity contribution is -0.142. The Morgan fingerprint density at radius 2 is 1.58 bits per heavy atom. The van der Waals surface area contributed by atoms with Crippen LogP contribution in [-0.4, -0.2) is 113 Å². The molecule has 1 aliphatic heterocycles. The van der Waals surface area contributed by atoms with Crippen molar-refractivity contribution in [2.75, 3.05) is 25.4 Å². The number of nitrogens with two attached hydrogens (primary N) is 5. The van der Waals surface area contributed by atoms with Gasteiger partial charge in [0, 0.05) is 42.4 Å². The lowest BCUT2D eigenvalue weighted by Gasteiger charge is -2.31. The van der Waals surface area contributed by atoms with E-state index in [0.717, 1.165) is 16.5 Å². The number of primary amides is 1. The van der Waals surface area contributed by atoms with Gasteiger partial charge in [-0.05, 0) is 69.0 Å². The van der Waals surface area contributed by atoms with Gasteiger partial charge in [-0.15, -0.1) is 0 Å². The van der Waals surface area contributed by atoms with Gasteiger partial charge >= 0.3 is 0 Å². The molecule has 15 N–H and O–H groups in total. The molecule has 6 atom stereocenters. The molecule has 19 heteroatoms. The summed E-state index contributed by atoms with van der Waals surface area (Å²) in [5, 5.41) is 11.7. The molecular weight excluding hydrogens is 729 g/mol. The number of nitrogens with zero attached hydrogens (tertiary/aromatic N) is 2. The zero-order valence-corrected chi connectivity index (χ0v) is 32.5. The highest BCUT2D eigenvalue weighted by molar-refractivity contribution is 7.80. The first-order chi connectivity index (χ1) is 26.2. The molecule has 0 saturated carbocycles. The number of H-pyrrole nitrogens is 1. The first-order valence-corrected chi connectivity index (χ1v) is 19.3. The average molecular weight is 787 g/mol. The highest BCUT2D eigenvalue weighted by Crippen LogP contribution is 2.22. The van der Waals surface area contributed by atoms with Crippen LogP contribution in [0.2, 0.25) is 0 Å². The monoisotopic (exact) mass is 786 g/mol. The summed E-state index contributed by atoms with van der Waals surface area (Å²) in [5.41, 5.74) is 29.7. The van der Waals surface area contributed by atoms with E-state index in [1.165, 1.54) is 4.90 Å². The smallest absolute Gasteiger partial charge is 0.245 e. The van der Waals surface area contributed by atoms with Crippen LogP contribution < -0.4 is 49.9 Å². The van der Waals surface area contributed by atoms with Gasteiger partial charge in [-0.3, -0.25) is 33.8 Å². The van der Waals surface area contributed by atoms with Crippen molar-refractivity contribution in [2.45, 2.75) is 101 Å². The van der Waals surface area contributed by atoms with Crippen LogP contribution in [0.1, 0.15) is 64.4 Å². The lowest BCUT2D eigenvalue weighted by atomic mass is 10.0. The highest BCUT2D eigenvalue weighted by atomic mass is 32.1. The van der Waals surface area contributed by atoms with Gasteiger partial charge in [0.1, 0.15) is 30.2 Å². The fourth-order valence-electron chi connectivity index (χ4n) is 6.47. The maximum Gasteiger partial charge on any atom is 0.245 e. The van der Waals surface area contributed by atoms with Crippen LogP contribution in [0.4, 0.5) is 0 Å². The van der Waals surface area contributed by atoms with E-state index in [9.17, 15) is 28.8 Å². The molecular formula is C36H58N12O6S. The number of nitrogens with one attached hydrogen (secondary N) is 5. The summed E-state index contributed by atoms with van der Waals surface area (Å²) in [6, 6.07) is 1.32. The summed E-state index contributed by atoms with van der Waals surface area (Å²) in [6.07, 6.45) is 4.68. The number of guanidine groups is 1. The molecule has 2 aromatic rings. The number of aromatic amines is 1. The number of amides is 6. The number of hydrogen-bond acceptors (Lipinski definition) is 10. The number of aromatic nitrogens is 1. The second-order valence-electron chi connectivity index (χ2n) is 14.1. The minimum atomic E-state index is -1.21. The molecule has 304 valence electrons. The van der Waals surface area contributed by atoms with Crippen molar-refractivity contribution in [3.63, 3.8) is 0 Å². The molecule has 55 heavy (non-hydrogen) atoms. The van der Waals surface area contributed by atoms with Crippen LogP contribution in [0.15, 0.2) is 35.5 Å². The Morgan fingerprint density at radius 3 is 2.24 bits per heavy atom. The van der Waals surface area contributed by atoms with E-state index < -0.39 is 71.7 Å². The van der Waals surface area contributed by atoms with Crippen molar-refractivity contribution < 1.29 is 28.8 Å². The number of likely N-dealkylation sites (tertiary alicyclic amines) is 1. The topological polar surface area (TPSA) is 312 Å². The second-order valence-corrected chi connectivity index (χ2v) is 14.5. The molecule has 2 heterocycles. The van der Waals surface area contributed by atoms with Crippen molar-refractivity contribution >= 4 is 64.9 Å². The zero-order chi connectivity index (χ0) is 40.7. The number of aliphatic imine (C=N–C) groups is 1. The summed E-state index contributed by atoms with van der Waals surface area (Å²) in [4.78, 5) is 88.7. The number of carbonyl (C=O) groups excluding carboxylic acids is 6. The number of rotatable bonds is 22. The van der Waals surface area contributed by atoms with E-state index in [0.29, 0.717) is 38.6 Å². The lowest BCUT2D eigenvalue weighted by Crippen LogP contribution is -2.60. The Balaban J connectivity index is 1.78. The maximum absolute atomic E-state index is 14.0. The molecule has 18 nitrogen and oxygen atoms in total. The van der Waals surface area contributed by atoms with Gasteiger partial charge in [-0.1, -0.05) is 32.0 Å². The molecule has 0 bridgehead atoms. The fourth-order valence-corrected chi connectivity index (χ4v) is 6.72. The van der Waals surface area contributed by atoms with Gasteiger partial charge in [-0.2, -0.15) is 12.6 Å². The summed E-state index contributed by atoms with van der Waals surface area (Å²) < 4.78 is 0. The number of benzene rings is 1. The number of thiol groups is 1. The fraction of sp³-hybridized carbons (Fsp3) is 0.583. The summed E-state index contributed by atoms with van der Waals surface area (Å²) in [6.45, 7) is 4.41. The minimum Gasteiger partial charge on any atom is -0.370 e. The Hall–Kier alpha value is -4.88. The first-order valence-electron chi connectivity index (χ1n) is 18.7. The van der Waals surface area contributed by atoms with Crippen LogP contribution in [-0.2, 0) is 35.2 Å². The number of hydrogen-bond donors (Lipinski definition) is 11. The van der Waals surface area contributed by atoms with E-state index in [-0.39, 0.29) is 50.0 Å². The second kappa shape index (κ2) is 21.9. The molecule has 1 aromatic carbocycles. The predicted molar refractivity (Wildman–Crippen MR) is 213 cm³/mol. The van der Waals surface area contributed by atoms with Crippen molar-refractivity contribution in [3.05, 3.63) is 36.0 Å². The van der Waals surface area contributed by atoms with E-state index in [1.807, 2.05) is 24.3 Å². The Kier molecular flexibility index (Phi) is 17.7. The molecule has 1 saturated heterocycles. The minimum absolute atomic E-state index is 0.0647. The van der Waals surface area contributed by atoms with Crippen LogP contribution in [0.25, 0.3) is 10.9 Å². The van der Waals surface area contributed by atoms with Gasteiger partial charge in [0.2, 0.25) is 35.4 Å². The van der Waals surface area contributed by atoms with E-state index >= 15 is 0 Å². The molecule has 6 amide bonds. The highest BCUT2D eigenvalue weighted by Gasteiger charge is 2.39. The van der Waals surface area contributed by atoms with Crippen molar-refractivity contribution in [1.82, 2.24) is 31.2 Å². The molecule has 1 aromatic heterocycles. The average Bonchev–Trinajstić information content (AvgIpc) is 3.81. The predicted octanol–water partition coefficient (Wildman–Crippen LogP) is -1.78. The van der Waals surface area contributed by atoms with Crippen molar-refractivity contribution in [3.8, 4) is 0 Å². The number of unbranched alkanes of at least 4 members (excludes halogenated alkanes) is 1. The largest absolute Gasteiger partial charge is 0.370 e. The normalized spacial score (nSPS) is 16.8. The molecule has 0 unspecified atom stereocenters. The Morgan fingerprint density at radius 1 is 0.909 bits per heavy atom. The SMILES string of the molecule is CC(C)[C@H](NC(=O)[C@@H]1CCCN1C(=O)[C@H](CCCCN)NC(=O)[C@H](CS)NC(=O)[C@H](Cc1c[nH]c2ccccc12)NC(=O)[C@@H](N)CCCN=C(N)N)C(N)=O. The van der Waals surface area contributed by atoms with E-state index in [2.05, 4.69) is 43.9 Å². The van der Waals surface area contributed by atoms with Crippen molar-refractivity contribution in [1.29, 1.82) is 0 Å². The third kappa shape index (κ3) is 13.1. The van der Waals surface area contributed by atoms with Gasteiger partial charge in [-0.25, -0.2) is 0 Å². The first kappa shape index (κ1) is 44.5. The summed E-state index contributed by atoms with van der Waals surface area (Å²) in [7, 11) is 0. The van der Waals surface area contributed by atoms with Crippen LogP contribution in [0.5, 0.6) is 0 Å². The molecule has 1 fully saturated rings. The molecule has 1 aliphatic rings. The number of fused-ring (bicyclic) bond motifs is 1. The Labute approximate surface area is 326 Å². The van der Waals surface area contributed by atoms with Gasteiger partial charge < -0.3 is 59.8 Å². The number of para-hydroxylation sites is 1. The zero-order valence-electron chi connectivity index (χ0n) is 31.6. The van der Waals surface area contributed by atoms with E-state index in [1.54, 1.807) is 20.0 Å². The van der Waals surface area contributed by atoms with Gasteiger partial charge in [0.15, 0.2) is 5.96 Å². The third-order valence-electron chi connectivity index (χ3n) is 9.52. The molecule has 0 radical (unpaired) electrons. The molecule has 0 aliphatic carbocycles. The standard InChI is InChI=1S/C36H58N12O6S/c1-20(2)29(30(39)49)47-34(53)28-13-8-16-48(28)35(54)25(12-5-6-14-37)44-33(52)27(19-55)46-32(51)26(17-21-18-43-24-11-4-3-9-22(21)24)45-31(50)23(38)10-7-15-42-36(40)41/h3-4,9,11,18,20,23,25-29,43,55H,5-8,10,12-17,19,37-38H2,1-2H3,(H2,39,49)(H,44,52)(H,45,50)(H,46,51)(H,47,53)(H4,40,41,42)/t23-,25-,26-,27-,28-,29-/m0/s1. The van der Waals surface area contributed by atoms with Gasteiger partial charge in [0.25, 0.3) is 0 Å². The van der Waals surface area contributed by atoms with Crippen molar-refractivity contribution in [2.24, 2.45) is 39.6 Å². The molecule has 0 spiro atoms. The van der Waals surface area contributed by atoms with Gasteiger partial charge in [0.05, 0.1) is 6.04 Å². The van der Waals surface area contributed by atoms with E-state index in [4.69, 9.17) is 28.7 Å².